The van der Waals surface area contributed by atoms with Gasteiger partial charge in [0.15, 0.2) is 5.11 Å². The Morgan fingerprint density at radius 2 is 1.94 bits per heavy atom. The molecule has 0 atom stereocenters. The fourth-order valence-electron chi connectivity index (χ4n) is 0.998. The van der Waals surface area contributed by atoms with Crippen LogP contribution in [0.15, 0.2) is 29.4 Å². The summed E-state index contributed by atoms with van der Waals surface area (Å²) in [4.78, 5) is 0. The summed E-state index contributed by atoms with van der Waals surface area (Å²) in [5.41, 5.74) is 4.67. The first-order valence-corrected chi connectivity index (χ1v) is 5.31. The normalized spacial score (nSPS) is 9.38. The van der Waals surface area contributed by atoms with Crippen molar-refractivity contribution in [3.63, 3.8) is 0 Å². The number of hydrogen-bond acceptors (Lipinski definition) is 3. The number of phenolic OH excluding ortho intramolecular Hbond substituents is 1. The molecule has 0 saturated heterocycles. The number of hydrazone groups is 1. The molecular weight excluding hydrogens is 222 g/mol. The Bertz CT molecular complexity index is 383. The minimum atomic E-state index is 0.260. The lowest BCUT2D eigenvalue weighted by Crippen LogP contribution is -2.31. The molecular formula is C11H15N3OS. The molecule has 0 amide bonds. The number of benzene rings is 1. The Kier molecular flexibility index (Phi) is 4.72. The zero-order chi connectivity index (χ0) is 12.0. The van der Waals surface area contributed by atoms with Gasteiger partial charge in [0, 0.05) is 12.3 Å². The molecule has 0 fully saturated rings. The first-order chi connectivity index (χ1) is 7.58. The molecule has 0 heterocycles. The van der Waals surface area contributed by atoms with E-state index >= 15 is 0 Å². The van der Waals surface area contributed by atoms with Gasteiger partial charge in [-0.15, -0.1) is 0 Å². The minimum absolute atomic E-state index is 0.260. The van der Waals surface area contributed by atoms with Gasteiger partial charge in [-0.25, -0.2) is 0 Å². The van der Waals surface area contributed by atoms with Crippen LogP contribution in [0.3, 0.4) is 0 Å². The summed E-state index contributed by atoms with van der Waals surface area (Å²) in [6, 6.07) is 6.95. The van der Waals surface area contributed by atoms with E-state index in [1.165, 1.54) is 0 Å². The molecule has 0 aliphatic rings. The number of aromatic hydroxyl groups is 1. The highest BCUT2D eigenvalue weighted by molar-refractivity contribution is 7.80. The molecule has 0 saturated carbocycles. The molecule has 0 bridgehead atoms. The van der Waals surface area contributed by atoms with E-state index in [2.05, 4.69) is 15.8 Å². The van der Waals surface area contributed by atoms with Crippen LogP contribution in [0.1, 0.15) is 19.4 Å². The van der Waals surface area contributed by atoms with Gasteiger partial charge in [-0.3, -0.25) is 5.43 Å². The van der Waals surface area contributed by atoms with Gasteiger partial charge in [0.25, 0.3) is 0 Å². The highest BCUT2D eigenvalue weighted by atomic mass is 32.1. The van der Waals surface area contributed by atoms with Crippen molar-refractivity contribution in [3.05, 3.63) is 29.8 Å². The molecule has 1 aromatic carbocycles. The van der Waals surface area contributed by atoms with Crippen molar-refractivity contribution in [2.75, 3.05) is 0 Å². The summed E-state index contributed by atoms with van der Waals surface area (Å²) in [5, 5.41) is 16.6. The van der Waals surface area contributed by atoms with Gasteiger partial charge in [-0.05, 0) is 43.8 Å². The van der Waals surface area contributed by atoms with Crippen LogP contribution < -0.4 is 10.7 Å². The molecule has 0 spiro atoms. The lowest BCUT2D eigenvalue weighted by Gasteiger charge is -2.07. The van der Waals surface area contributed by atoms with Crippen LogP contribution >= 0.6 is 12.2 Å². The van der Waals surface area contributed by atoms with Crippen LogP contribution in [-0.2, 0) is 6.54 Å². The molecule has 3 N–H and O–H groups in total. The van der Waals surface area contributed by atoms with Crippen LogP contribution in [0.2, 0.25) is 0 Å². The zero-order valence-electron chi connectivity index (χ0n) is 9.32. The maximum absolute atomic E-state index is 9.10. The number of phenols is 1. The van der Waals surface area contributed by atoms with Crippen molar-refractivity contribution >= 4 is 23.0 Å². The van der Waals surface area contributed by atoms with Crippen molar-refractivity contribution in [1.82, 2.24) is 10.7 Å². The third kappa shape index (κ3) is 4.75. The fraction of sp³-hybridized carbons (Fsp3) is 0.273. The van der Waals surface area contributed by atoms with Gasteiger partial charge in [0.1, 0.15) is 5.75 Å². The third-order valence-electron chi connectivity index (χ3n) is 1.77. The highest BCUT2D eigenvalue weighted by Crippen LogP contribution is 2.08. The highest BCUT2D eigenvalue weighted by Gasteiger charge is 1.95. The quantitative estimate of drug-likeness (QED) is 0.426. The molecule has 0 aromatic heterocycles. The fourth-order valence-corrected chi connectivity index (χ4v) is 1.12. The van der Waals surface area contributed by atoms with E-state index in [1.54, 1.807) is 12.1 Å². The predicted octanol–water partition coefficient (Wildman–Crippen LogP) is 1.75. The molecule has 0 unspecified atom stereocenters. The van der Waals surface area contributed by atoms with Gasteiger partial charge in [-0.2, -0.15) is 5.10 Å². The molecule has 0 aliphatic heterocycles. The van der Waals surface area contributed by atoms with Crippen LogP contribution in [0, 0.1) is 0 Å². The second kappa shape index (κ2) is 6.07. The van der Waals surface area contributed by atoms with E-state index in [4.69, 9.17) is 17.3 Å². The van der Waals surface area contributed by atoms with E-state index in [0.717, 1.165) is 11.3 Å². The number of hydrogen-bond donors (Lipinski definition) is 3. The molecule has 4 nitrogen and oxygen atoms in total. The lowest BCUT2D eigenvalue weighted by molar-refractivity contribution is 0.475. The van der Waals surface area contributed by atoms with Crippen LogP contribution in [0.25, 0.3) is 0 Å². The summed E-state index contributed by atoms with van der Waals surface area (Å²) < 4.78 is 0. The Morgan fingerprint density at radius 1 is 1.31 bits per heavy atom. The topological polar surface area (TPSA) is 56.7 Å². The van der Waals surface area contributed by atoms with Crippen molar-refractivity contribution in [2.45, 2.75) is 20.4 Å². The average Bonchev–Trinajstić information content (AvgIpc) is 2.25. The second-order valence-corrected chi connectivity index (χ2v) is 3.93. The molecule has 16 heavy (non-hydrogen) atoms. The van der Waals surface area contributed by atoms with Crippen molar-refractivity contribution in [1.29, 1.82) is 0 Å². The smallest absolute Gasteiger partial charge is 0.187 e. The van der Waals surface area contributed by atoms with Crippen molar-refractivity contribution < 1.29 is 5.11 Å². The lowest BCUT2D eigenvalue weighted by atomic mass is 10.2. The number of nitrogens with one attached hydrogen (secondary N) is 2. The Morgan fingerprint density at radius 3 is 2.50 bits per heavy atom. The summed E-state index contributed by atoms with van der Waals surface area (Å²) in [6.07, 6.45) is 0. The minimum Gasteiger partial charge on any atom is -0.508 e. The maximum Gasteiger partial charge on any atom is 0.187 e. The number of rotatable bonds is 3. The first kappa shape index (κ1) is 12.4. The van der Waals surface area contributed by atoms with Gasteiger partial charge >= 0.3 is 0 Å². The molecule has 1 rings (SSSR count). The largest absolute Gasteiger partial charge is 0.508 e. The number of nitrogens with zero attached hydrogens (tertiary/aromatic N) is 1. The monoisotopic (exact) mass is 237 g/mol. The molecule has 5 heteroatoms. The Balaban J connectivity index is 2.37. The van der Waals surface area contributed by atoms with E-state index in [0.29, 0.717) is 11.7 Å². The average molecular weight is 237 g/mol. The summed E-state index contributed by atoms with van der Waals surface area (Å²) >= 11 is 5.02. The van der Waals surface area contributed by atoms with Gasteiger partial charge in [0.05, 0.1) is 0 Å². The Labute approximate surface area is 100 Å². The molecule has 0 radical (unpaired) electrons. The van der Waals surface area contributed by atoms with E-state index in [9.17, 15) is 0 Å². The summed E-state index contributed by atoms with van der Waals surface area (Å²) in [7, 11) is 0. The Hall–Kier alpha value is -1.62. The maximum atomic E-state index is 9.10. The summed E-state index contributed by atoms with van der Waals surface area (Å²) in [6.45, 7) is 4.37. The zero-order valence-corrected chi connectivity index (χ0v) is 10.1. The van der Waals surface area contributed by atoms with E-state index < -0.39 is 0 Å². The van der Waals surface area contributed by atoms with Crippen molar-refractivity contribution in [3.8, 4) is 5.75 Å². The SMILES string of the molecule is CC(C)=NNC(=S)NCc1ccc(O)cc1. The summed E-state index contributed by atoms with van der Waals surface area (Å²) in [5.74, 6) is 0.260. The number of thiocarbonyl (C=S) groups is 1. The standard InChI is InChI=1S/C11H15N3OS/c1-8(2)13-14-11(16)12-7-9-3-5-10(15)6-4-9/h3-6,15H,7H2,1-2H3,(H2,12,14,16). The van der Waals surface area contributed by atoms with E-state index in [1.807, 2.05) is 26.0 Å². The van der Waals surface area contributed by atoms with Crippen molar-refractivity contribution in [2.24, 2.45) is 5.10 Å². The molecule has 86 valence electrons. The van der Waals surface area contributed by atoms with Crippen LogP contribution in [-0.4, -0.2) is 15.9 Å². The predicted molar refractivity (Wildman–Crippen MR) is 69.5 cm³/mol. The van der Waals surface area contributed by atoms with Gasteiger partial charge in [-0.1, -0.05) is 12.1 Å². The second-order valence-electron chi connectivity index (χ2n) is 3.52. The molecule has 0 aliphatic carbocycles. The first-order valence-electron chi connectivity index (χ1n) is 4.90. The van der Waals surface area contributed by atoms with Gasteiger partial charge < -0.3 is 10.4 Å². The van der Waals surface area contributed by atoms with Gasteiger partial charge in [0.2, 0.25) is 0 Å². The van der Waals surface area contributed by atoms with Crippen LogP contribution in [0.4, 0.5) is 0 Å². The molecule has 1 aromatic rings. The van der Waals surface area contributed by atoms with E-state index in [-0.39, 0.29) is 5.75 Å². The third-order valence-corrected chi connectivity index (χ3v) is 2.01. The van der Waals surface area contributed by atoms with Crippen LogP contribution in [0.5, 0.6) is 5.75 Å².